The summed E-state index contributed by atoms with van der Waals surface area (Å²) < 4.78 is 0. The minimum absolute atomic E-state index is 0. The van der Waals surface area contributed by atoms with Crippen molar-refractivity contribution < 1.29 is 38.1 Å². The van der Waals surface area contributed by atoms with Crippen LogP contribution in [-0.4, -0.2) is 43.7 Å². The minimum Gasteiger partial charge on any atom is -0.870 e. The normalized spacial score (nSPS) is 0. The van der Waals surface area contributed by atoms with E-state index in [1.165, 1.54) is 0 Å². The van der Waals surface area contributed by atoms with Gasteiger partial charge >= 0.3 is 27.3 Å². The zero-order valence-corrected chi connectivity index (χ0v) is 7.84. The van der Waals surface area contributed by atoms with Gasteiger partial charge in [0, 0.05) is 21.7 Å². The van der Waals surface area contributed by atoms with Crippen LogP contribution in [0.3, 0.4) is 0 Å². The Labute approximate surface area is 65.1 Å². The van der Waals surface area contributed by atoms with Crippen molar-refractivity contribution in [2.75, 3.05) is 0 Å². The monoisotopic (exact) mass is 308 g/mol. The quantitative estimate of drug-likeness (QED) is 0.506. The summed E-state index contributed by atoms with van der Waals surface area (Å²) in [5.74, 6) is 0. The second-order valence-electron chi connectivity index (χ2n) is 0. The van der Waals surface area contributed by atoms with Crippen molar-refractivity contribution in [3.63, 3.8) is 0 Å². The first-order chi connectivity index (χ1) is 0. The number of hydrogen-bond acceptors (Lipinski definition) is 2. The van der Waals surface area contributed by atoms with Gasteiger partial charge in [0.1, 0.15) is 0 Å². The molecule has 5 heteroatoms. The van der Waals surface area contributed by atoms with Crippen LogP contribution in [-0.2, 0) is 21.7 Å². The summed E-state index contributed by atoms with van der Waals surface area (Å²) in [6, 6.07) is 0. The number of rotatable bonds is 0. The Morgan fingerprint density at radius 2 is 0.800 bits per heavy atom. The van der Waals surface area contributed by atoms with Crippen LogP contribution in [0.15, 0.2) is 0 Å². The molecule has 0 aliphatic rings. The molecule has 0 unspecified atom stereocenters. The van der Waals surface area contributed by atoms with Gasteiger partial charge in [-0.1, -0.05) is 0 Å². The van der Waals surface area contributed by atoms with Gasteiger partial charge in [0.2, 0.25) is 0 Å². The Morgan fingerprint density at radius 1 is 0.800 bits per heavy atom. The van der Waals surface area contributed by atoms with E-state index >= 15 is 0 Å². The van der Waals surface area contributed by atoms with Crippen LogP contribution >= 0.6 is 0 Å². The van der Waals surface area contributed by atoms with Crippen molar-refractivity contribution in [2.45, 2.75) is 0 Å². The van der Waals surface area contributed by atoms with E-state index in [1.807, 2.05) is 0 Å². The van der Waals surface area contributed by atoms with Gasteiger partial charge in [-0.3, -0.25) is 0 Å². The first-order valence-corrected chi connectivity index (χ1v) is 0. The molecule has 3 nitrogen and oxygen atoms in total. The standard InChI is InChI=1S/3H2O.Pb.Ti/h3*1H2;;/q;;;+2;/p-2. The van der Waals surface area contributed by atoms with E-state index in [4.69, 9.17) is 0 Å². The van der Waals surface area contributed by atoms with Crippen LogP contribution in [0.2, 0.25) is 0 Å². The van der Waals surface area contributed by atoms with Crippen molar-refractivity contribution in [3.8, 4) is 0 Å². The fourth-order valence-electron chi connectivity index (χ4n) is 0. The van der Waals surface area contributed by atoms with E-state index < -0.39 is 0 Å². The van der Waals surface area contributed by atoms with Gasteiger partial charge in [0.05, 0.1) is 0 Å². The summed E-state index contributed by atoms with van der Waals surface area (Å²) in [5.41, 5.74) is 0. The van der Waals surface area contributed by atoms with E-state index in [1.54, 1.807) is 0 Å². The average Bonchev–Trinajstić information content (AvgIpc) is 0. The smallest absolute Gasteiger partial charge is 0.870 e. The summed E-state index contributed by atoms with van der Waals surface area (Å²) in [4.78, 5) is 0. The molecular formula is H4O3PbTi. The van der Waals surface area contributed by atoms with Crippen molar-refractivity contribution in [3.05, 3.63) is 0 Å². The van der Waals surface area contributed by atoms with E-state index in [0.717, 1.165) is 0 Å². The first kappa shape index (κ1) is 86.2. The van der Waals surface area contributed by atoms with Gasteiger partial charge in [-0.05, 0) is 0 Å². The summed E-state index contributed by atoms with van der Waals surface area (Å²) in [5, 5.41) is 0. The molecule has 5 heavy (non-hydrogen) atoms. The van der Waals surface area contributed by atoms with E-state index in [-0.39, 0.29) is 65.4 Å². The number of hydrogen-bond donors (Lipinski definition) is 0. The molecule has 0 atom stereocenters. The molecule has 0 aliphatic carbocycles. The van der Waals surface area contributed by atoms with Gasteiger partial charge < -0.3 is 16.4 Å². The summed E-state index contributed by atoms with van der Waals surface area (Å²) >= 11 is 0. The molecule has 0 aliphatic heterocycles. The van der Waals surface area contributed by atoms with Crippen LogP contribution in [0.5, 0.6) is 0 Å². The molecule has 0 aromatic heterocycles. The van der Waals surface area contributed by atoms with Crippen LogP contribution in [0, 0.1) is 0 Å². The maximum absolute atomic E-state index is 0. The van der Waals surface area contributed by atoms with Crippen molar-refractivity contribution >= 4 is 27.3 Å². The summed E-state index contributed by atoms with van der Waals surface area (Å²) in [6.45, 7) is 0. The van der Waals surface area contributed by atoms with Gasteiger partial charge in [0.25, 0.3) is 0 Å². The Kier molecular flexibility index (Phi) is 844. The Morgan fingerprint density at radius 3 is 0.800 bits per heavy atom. The molecule has 0 saturated carbocycles. The largest absolute Gasteiger partial charge is 2.00 e. The SMILES string of the molecule is O.[OH-].[OH-].[Pb+2].[Ti]. The maximum atomic E-state index is 0. The second kappa shape index (κ2) is 48.9. The van der Waals surface area contributed by atoms with Crippen LogP contribution in [0.25, 0.3) is 0 Å². The van der Waals surface area contributed by atoms with Crippen molar-refractivity contribution in [1.82, 2.24) is 0 Å². The van der Waals surface area contributed by atoms with Crippen LogP contribution < -0.4 is 0 Å². The maximum Gasteiger partial charge on any atom is 2.00 e. The van der Waals surface area contributed by atoms with E-state index in [0.29, 0.717) is 0 Å². The molecular weight excluding hydrogens is 303 g/mol. The first-order valence-electron chi connectivity index (χ1n) is 0. The fraction of sp³-hybridized carbons (Fsp3) is 0. The topological polar surface area (TPSA) is 91.5 Å². The van der Waals surface area contributed by atoms with Gasteiger partial charge in [-0.25, -0.2) is 0 Å². The van der Waals surface area contributed by atoms with Gasteiger partial charge in [-0.2, -0.15) is 0 Å². The third-order valence-corrected chi connectivity index (χ3v) is 0. The van der Waals surface area contributed by atoms with Crippen molar-refractivity contribution in [1.29, 1.82) is 0 Å². The predicted octanol–water partition coefficient (Wildman–Crippen LogP) is -1.56. The molecule has 0 aromatic rings. The van der Waals surface area contributed by atoms with Crippen LogP contribution in [0.1, 0.15) is 0 Å². The third-order valence-electron chi connectivity index (χ3n) is 0. The summed E-state index contributed by atoms with van der Waals surface area (Å²) in [7, 11) is 0. The molecule has 4 N–H and O–H groups in total. The molecule has 0 bridgehead atoms. The van der Waals surface area contributed by atoms with Gasteiger partial charge in [0.15, 0.2) is 0 Å². The van der Waals surface area contributed by atoms with E-state index in [2.05, 4.69) is 0 Å². The van der Waals surface area contributed by atoms with Crippen molar-refractivity contribution in [2.24, 2.45) is 0 Å². The molecule has 0 fully saturated rings. The molecule has 0 spiro atoms. The van der Waals surface area contributed by atoms with Gasteiger partial charge in [-0.15, -0.1) is 0 Å². The minimum atomic E-state index is 0. The predicted molar refractivity (Wildman–Crippen MR) is 13.2 cm³/mol. The molecule has 0 heterocycles. The average molecular weight is 307 g/mol. The molecule has 0 amide bonds. The molecule has 0 aromatic carbocycles. The molecule has 30 valence electrons. The zero-order valence-electron chi connectivity index (χ0n) is 2.39. The molecule has 2 radical (unpaired) electrons. The fourth-order valence-corrected chi connectivity index (χ4v) is 0. The summed E-state index contributed by atoms with van der Waals surface area (Å²) in [6.07, 6.45) is 0. The Hall–Kier alpha value is 1.52. The van der Waals surface area contributed by atoms with Crippen LogP contribution in [0.4, 0.5) is 0 Å². The zero-order chi connectivity index (χ0) is 0. The second-order valence-corrected chi connectivity index (χ2v) is 0. The molecule has 0 saturated heterocycles. The molecule has 0 rings (SSSR count). The Bertz CT molecular complexity index is 6.85. The third kappa shape index (κ3) is 29.7. The Balaban J connectivity index is 0. The van der Waals surface area contributed by atoms with E-state index in [9.17, 15) is 0 Å².